The molecule has 0 aromatic heterocycles. The predicted molar refractivity (Wildman–Crippen MR) is 515 cm³/mol. The molecule has 1 aromatic carbocycles. The van der Waals surface area contributed by atoms with Gasteiger partial charge in [-0.05, 0) is 156 Å². The number of carbonyl (C=O) groups excluding carboxylic acids is 16. The van der Waals surface area contributed by atoms with Gasteiger partial charge < -0.3 is 134 Å². The normalized spacial score (nSPS) is 16.5. The number of nitrogens with zero attached hydrogens (tertiary/aromatic N) is 3. The molecule has 0 radical (unpaired) electrons. The van der Waals surface area contributed by atoms with Crippen molar-refractivity contribution in [3.8, 4) is 0 Å². The number of thioether (sulfide) groups is 1. The fourth-order valence-corrected chi connectivity index (χ4v) is 15.3. The Balaban J connectivity index is 2.50. The second-order valence-electron chi connectivity index (χ2n) is 37.7. The number of hydrogen-bond acceptors (Lipinski definition) is 24. The maximum atomic E-state index is 14.9. The molecule has 0 unspecified atom stereocenters. The van der Waals surface area contributed by atoms with Crippen molar-refractivity contribution < 1.29 is 107 Å². The van der Waals surface area contributed by atoms with Gasteiger partial charge >= 0.3 is 11.9 Å². The zero-order valence-electron chi connectivity index (χ0n) is 82.8. The van der Waals surface area contributed by atoms with Gasteiger partial charge in [0, 0.05) is 32.5 Å². The number of guanidine groups is 2. The van der Waals surface area contributed by atoms with Gasteiger partial charge in [0.25, 0.3) is 0 Å². The molecular formula is C91H157N23O22S. The molecule has 0 spiro atoms. The Morgan fingerprint density at radius 3 is 1.15 bits per heavy atom. The lowest BCUT2D eigenvalue weighted by atomic mass is 9.95. The molecule has 137 heavy (non-hydrogen) atoms. The van der Waals surface area contributed by atoms with Gasteiger partial charge in [-0.3, -0.25) is 91.5 Å². The standard InChI is InChI=1S/C91H157N23O22S/c1-20-52(16)71(112-81(127)63(42-48(8)9)106-85(131)68(49(10)11)109-73(119)53(17)99-87(133)72(54(18)116)113-76(122)58(30-25-36-98-91(95)96)101-83(129)69(50(12)13)110-74(120)56(92)34-38-137-19)86(132)107-61(40-46(4)5)78(124)103-60(39-45(2)3)77(123)104-62(41-47(6)7)80(126)111-70(51(14)15)84(130)100-57(29-24-35-97-90(93)94)75(121)105-64(43-55-27-22-21-23-28-55)79(125)108-65(44-115)82(128)102-59(32-33-67(117)118)88(134)114-37-26-31-66(114)89(135)136/h21-23,27-28,45-54,56-66,68-72,115-116H,20,24-26,29-44,92H2,1-19H3,(H,99,133)(H,100,130)(H,101,129)(H,102,128)(H,103,124)(H,104,123)(H,105,121)(H,106,131)(H,107,132)(H,108,125)(H,109,119)(H,110,120)(H,111,126)(H,112,127)(H,113,122)(H,117,118)(H,135,136)(H4,93,94,97)(H4,95,96,98)/t52-,53-,54+,56-,57-,58-,59-,60-,61-,62-,63-,64-,65-,66-,68-,69-,70-,71-,72-/m0/s1. The number of benzene rings is 1. The van der Waals surface area contributed by atoms with Crippen LogP contribution in [0.3, 0.4) is 0 Å². The van der Waals surface area contributed by atoms with E-state index in [0.717, 1.165) is 4.90 Å². The Morgan fingerprint density at radius 1 is 0.416 bits per heavy atom. The van der Waals surface area contributed by atoms with E-state index in [9.17, 15) is 107 Å². The van der Waals surface area contributed by atoms with Crippen LogP contribution in [0.15, 0.2) is 40.3 Å². The van der Waals surface area contributed by atoms with Crippen LogP contribution in [-0.2, 0) is 92.7 Å². The number of nitrogens with one attached hydrogen (secondary N) is 15. The third kappa shape index (κ3) is 44.2. The van der Waals surface area contributed by atoms with Crippen molar-refractivity contribution in [2.75, 3.05) is 38.2 Å². The van der Waals surface area contributed by atoms with E-state index in [1.165, 1.54) is 25.6 Å². The first-order valence-corrected chi connectivity index (χ1v) is 48.5. The van der Waals surface area contributed by atoms with Gasteiger partial charge in [0.2, 0.25) is 94.5 Å². The summed E-state index contributed by atoms with van der Waals surface area (Å²) in [7, 11) is 0. The van der Waals surface area contributed by atoms with Crippen LogP contribution in [0.4, 0.5) is 0 Å². The third-order valence-electron chi connectivity index (χ3n) is 22.6. The number of likely N-dealkylation sites (tertiary alicyclic amines) is 1. The Labute approximate surface area is 807 Å². The SMILES string of the molecule is CC[C@H](C)[C@H](NC(=O)[C@H](CC(C)C)NC(=O)[C@@H](NC(=O)[C@H](C)NC(=O)[C@@H](NC(=O)[C@H](CCCN=C(N)N)NC(=O)[C@@H](NC(=O)[C@@H](N)CCSC)C(C)C)[C@@H](C)O)C(C)C)C(=O)N[C@@H](CC(C)C)C(=O)N[C@@H](CC(C)C)C(=O)N[C@@H](CC(C)C)C(=O)N[C@H](C(=O)N[C@@H](CCCN=C(N)N)C(=O)N[C@@H](Cc1ccccc1)C(=O)N[C@@H](CO)C(=O)N[C@@H](CCC(=O)O)C(=O)N1CCC[C@H]1C(=O)O)C(C)C. The summed E-state index contributed by atoms with van der Waals surface area (Å²) >= 11 is 1.48. The molecule has 1 heterocycles. The number of aliphatic hydroxyl groups is 2. The van der Waals surface area contributed by atoms with Gasteiger partial charge in [-0.15, -0.1) is 0 Å². The summed E-state index contributed by atoms with van der Waals surface area (Å²) in [4.78, 5) is 262. The molecule has 1 aromatic rings. The van der Waals surface area contributed by atoms with Crippen LogP contribution in [0.1, 0.15) is 220 Å². The average molecular weight is 1960 g/mol. The summed E-state index contributed by atoms with van der Waals surface area (Å²) < 4.78 is 0. The number of aliphatic hydroxyl groups excluding tert-OH is 2. The van der Waals surface area contributed by atoms with E-state index in [1.807, 2.05) is 6.26 Å². The zero-order valence-corrected chi connectivity index (χ0v) is 83.6. The number of carboxylic acid groups (broad SMARTS) is 2. The van der Waals surface area contributed by atoms with Crippen LogP contribution in [0.2, 0.25) is 0 Å². The highest BCUT2D eigenvalue weighted by atomic mass is 32.2. The van der Waals surface area contributed by atoms with Crippen LogP contribution in [0.5, 0.6) is 0 Å². The van der Waals surface area contributed by atoms with Crippen LogP contribution in [0.25, 0.3) is 0 Å². The topological polar surface area (TPSA) is 727 Å². The fourth-order valence-electron chi connectivity index (χ4n) is 14.8. The molecule has 45 nitrogen and oxygen atoms in total. The number of hydrogen-bond donors (Lipinski definition) is 24. The first-order valence-electron chi connectivity index (χ1n) is 47.1. The molecule has 1 aliphatic heterocycles. The Kier molecular flexibility index (Phi) is 54.6. The largest absolute Gasteiger partial charge is 0.481 e. The highest BCUT2D eigenvalue weighted by molar-refractivity contribution is 7.98. The van der Waals surface area contributed by atoms with Gasteiger partial charge in [-0.25, -0.2) is 4.79 Å². The summed E-state index contributed by atoms with van der Waals surface area (Å²) in [6.45, 7) is 28.8. The smallest absolute Gasteiger partial charge is 0.326 e. The molecule has 16 amide bonds. The summed E-state index contributed by atoms with van der Waals surface area (Å²) in [5.74, 6) is -20.5. The average Bonchev–Trinajstić information content (AvgIpc) is 1.59. The van der Waals surface area contributed by atoms with E-state index in [2.05, 4.69) is 89.7 Å². The van der Waals surface area contributed by atoms with Crippen molar-refractivity contribution in [1.29, 1.82) is 0 Å². The van der Waals surface area contributed by atoms with E-state index in [1.54, 1.807) is 141 Å². The van der Waals surface area contributed by atoms with Crippen molar-refractivity contribution in [3.05, 3.63) is 35.9 Å². The Morgan fingerprint density at radius 2 is 0.759 bits per heavy atom. The first-order chi connectivity index (χ1) is 64.1. The molecule has 46 heteroatoms. The molecule has 774 valence electrons. The van der Waals surface area contributed by atoms with E-state index in [4.69, 9.17) is 28.7 Å². The van der Waals surface area contributed by atoms with Crippen LogP contribution in [-0.4, -0.2) is 291 Å². The fraction of sp³-hybridized carbons (Fsp3) is 0.714. The maximum Gasteiger partial charge on any atom is 0.326 e. The predicted octanol–water partition coefficient (Wildman–Crippen LogP) is -2.78. The number of rotatable bonds is 63. The van der Waals surface area contributed by atoms with Gasteiger partial charge in [0.1, 0.15) is 96.7 Å². The molecule has 0 bridgehead atoms. The third-order valence-corrected chi connectivity index (χ3v) is 23.3. The molecule has 1 aliphatic rings. The minimum atomic E-state index is -1.84. The minimum absolute atomic E-state index is 0.00264. The summed E-state index contributed by atoms with van der Waals surface area (Å²) in [6.07, 6.45) is -0.256. The molecule has 1 saturated heterocycles. The van der Waals surface area contributed by atoms with Crippen LogP contribution >= 0.6 is 11.8 Å². The second kappa shape index (κ2) is 61.6. The highest BCUT2D eigenvalue weighted by Crippen LogP contribution is 2.23. The van der Waals surface area contributed by atoms with Gasteiger partial charge in [-0.1, -0.05) is 148 Å². The number of carbonyl (C=O) groups is 18. The number of nitrogens with two attached hydrogens (primary N) is 5. The monoisotopic (exact) mass is 1960 g/mol. The molecule has 0 saturated carbocycles. The number of aliphatic carboxylic acids is 2. The van der Waals surface area contributed by atoms with Crippen molar-refractivity contribution in [2.24, 2.45) is 86.0 Å². The van der Waals surface area contributed by atoms with Gasteiger partial charge in [0.05, 0.1) is 18.8 Å². The quantitative estimate of drug-likeness (QED) is 0.0178. The lowest BCUT2D eigenvalue weighted by molar-refractivity contribution is -0.150. The van der Waals surface area contributed by atoms with Crippen LogP contribution < -0.4 is 108 Å². The van der Waals surface area contributed by atoms with E-state index >= 15 is 0 Å². The Hall–Kier alpha value is -11.6. The van der Waals surface area contributed by atoms with E-state index < -0.39 is 258 Å². The van der Waals surface area contributed by atoms with Crippen LogP contribution in [0, 0.1) is 47.3 Å². The van der Waals surface area contributed by atoms with E-state index in [0.29, 0.717) is 30.6 Å². The zero-order chi connectivity index (χ0) is 104. The number of carboxylic acids is 2. The van der Waals surface area contributed by atoms with Crippen molar-refractivity contribution >= 4 is 130 Å². The maximum absolute atomic E-state index is 14.9. The van der Waals surface area contributed by atoms with Gasteiger partial charge in [-0.2, -0.15) is 11.8 Å². The van der Waals surface area contributed by atoms with Crippen molar-refractivity contribution in [3.63, 3.8) is 0 Å². The molecule has 19 atom stereocenters. The summed E-state index contributed by atoms with van der Waals surface area (Å²) in [5.41, 5.74) is 28.8. The molecule has 1 fully saturated rings. The Bertz CT molecular complexity index is 4210. The van der Waals surface area contributed by atoms with E-state index in [-0.39, 0.29) is 119 Å². The molecule has 29 N–H and O–H groups in total. The molecule has 0 aliphatic carbocycles. The molecule has 2 rings (SSSR count). The first kappa shape index (κ1) is 122. The number of aliphatic imine (C=N–C) groups is 2. The second-order valence-corrected chi connectivity index (χ2v) is 38.7. The molecular weight excluding hydrogens is 1800 g/mol. The lowest BCUT2D eigenvalue weighted by Gasteiger charge is -2.31. The lowest BCUT2D eigenvalue weighted by Crippen LogP contribution is -2.62. The van der Waals surface area contributed by atoms with Crippen molar-refractivity contribution in [2.45, 2.75) is 330 Å². The summed E-state index contributed by atoms with van der Waals surface area (Å²) in [6, 6.07) is -15.9. The highest BCUT2D eigenvalue weighted by Gasteiger charge is 2.43. The van der Waals surface area contributed by atoms with Crippen molar-refractivity contribution in [1.82, 2.24) is 84.7 Å². The van der Waals surface area contributed by atoms with Gasteiger partial charge in [0.15, 0.2) is 11.9 Å². The minimum Gasteiger partial charge on any atom is -0.481 e. The summed E-state index contributed by atoms with van der Waals surface area (Å²) in [5, 5.41) is 80.3. The number of amides is 16.